The van der Waals surface area contributed by atoms with E-state index in [0.717, 1.165) is 24.4 Å². The molecule has 0 aliphatic carbocycles. The van der Waals surface area contributed by atoms with Crippen LogP contribution in [-0.2, 0) is 0 Å². The molecule has 0 aromatic heterocycles. The van der Waals surface area contributed by atoms with Crippen LogP contribution in [0.25, 0.3) is 0 Å². The van der Waals surface area contributed by atoms with Crippen molar-refractivity contribution >= 4 is 0 Å². The van der Waals surface area contributed by atoms with Crippen LogP contribution in [0.2, 0.25) is 0 Å². The van der Waals surface area contributed by atoms with E-state index in [4.69, 9.17) is 0 Å². The Labute approximate surface area is 123 Å². The number of likely N-dealkylation sites (N-methyl/N-ethyl adjacent to an activating group) is 1. The summed E-state index contributed by atoms with van der Waals surface area (Å²) in [5, 5.41) is 10.6. The fourth-order valence-electron chi connectivity index (χ4n) is 3.37. The van der Waals surface area contributed by atoms with Crippen LogP contribution in [-0.4, -0.2) is 54.7 Å². The topological polar surface area (TPSA) is 26.7 Å². The number of nitrogens with zero attached hydrogens (tertiary/aromatic N) is 2. The molecule has 1 aliphatic rings. The largest absolute Gasteiger partial charge is 0.387 e. The normalized spacial score (nSPS) is 23.1. The van der Waals surface area contributed by atoms with Crippen LogP contribution >= 0.6 is 0 Å². The van der Waals surface area contributed by atoms with Gasteiger partial charge in [-0.1, -0.05) is 37.3 Å². The van der Waals surface area contributed by atoms with Crippen molar-refractivity contribution < 1.29 is 5.11 Å². The Morgan fingerprint density at radius 2 is 2.05 bits per heavy atom. The molecule has 3 nitrogen and oxygen atoms in total. The van der Waals surface area contributed by atoms with Crippen LogP contribution in [0.4, 0.5) is 0 Å². The molecule has 0 radical (unpaired) electrons. The molecule has 1 N–H and O–H groups in total. The number of hydrogen-bond acceptors (Lipinski definition) is 3. The van der Waals surface area contributed by atoms with E-state index >= 15 is 0 Å². The van der Waals surface area contributed by atoms with Crippen molar-refractivity contribution in [2.45, 2.75) is 31.9 Å². The van der Waals surface area contributed by atoms with Gasteiger partial charge in [-0.25, -0.2) is 0 Å². The highest BCUT2D eigenvalue weighted by Crippen LogP contribution is 2.24. The second-order valence-electron chi connectivity index (χ2n) is 6.19. The lowest BCUT2D eigenvalue weighted by molar-refractivity contribution is 0.0527. The molecule has 0 spiro atoms. The van der Waals surface area contributed by atoms with E-state index in [0.29, 0.717) is 0 Å². The number of benzene rings is 1. The summed E-state index contributed by atoms with van der Waals surface area (Å²) < 4.78 is 0. The zero-order chi connectivity index (χ0) is 14.5. The summed E-state index contributed by atoms with van der Waals surface area (Å²) in [5.74, 6) is 0.738. The van der Waals surface area contributed by atoms with Crippen LogP contribution in [0, 0.1) is 5.92 Å². The van der Waals surface area contributed by atoms with Gasteiger partial charge in [-0.2, -0.15) is 0 Å². The van der Waals surface area contributed by atoms with Crippen molar-refractivity contribution in [2.75, 3.05) is 33.7 Å². The van der Waals surface area contributed by atoms with E-state index in [-0.39, 0.29) is 6.04 Å². The van der Waals surface area contributed by atoms with Crippen molar-refractivity contribution in [3.05, 3.63) is 35.9 Å². The lowest BCUT2D eigenvalue weighted by Crippen LogP contribution is -2.39. The molecular weight excluding hydrogens is 248 g/mol. The zero-order valence-electron chi connectivity index (χ0n) is 13.0. The molecule has 2 rings (SSSR count). The minimum absolute atomic E-state index is 0.198. The van der Waals surface area contributed by atoms with Gasteiger partial charge in [0.15, 0.2) is 0 Å². The summed E-state index contributed by atoms with van der Waals surface area (Å²) in [6.07, 6.45) is 1.85. The van der Waals surface area contributed by atoms with Gasteiger partial charge in [0.2, 0.25) is 0 Å². The smallest absolute Gasteiger partial charge is 0.0944 e. The summed E-state index contributed by atoms with van der Waals surface area (Å²) in [6, 6.07) is 10.2. The molecule has 1 heterocycles. The monoisotopic (exact) mass is 276 g/mol. The van der Waals surface area contributed by atoms with Gasteiger partial charge in [-0.3, -0.25) is 0 Å². The summed E-state index contributed by atoms with van der Waals surface area (Å²) in [4.78, 5) is 4.74. The minimum atomic E-state index is -0.398. The van der Waals surface area contributed by atoms with Gasteiger partial charge < -0.3 is 14.9 Å². The van der Waals surface area contributed by atoms with Crippen molar-refractivity contribution in [2.24, 2.45) is 5.92 Å². The molecule has 1 saturated heterocycles. The Morgan fingerprint density at radius 3 is 2.60 bits per heavy atom. The predicted octanol–water partition coefficient (Wildman–Crippen LogP) is 2.38. The summed E-state index contributed by atoms with van der Waals surface area (Å²) in [6.45, 7) is 5.62. The van der Waals surface area contributed by atoms with Crippen LogP contribution in [0.5, 0.6) is 0 Å². The Bertz CT molecular complexity index is 395. The van der Waals surface area contributed by atoms with E-state index < -0.39 is 6.10 Å². The fraction of sp³-hybridized carbons (Fsp3) is 0.647. The molecule has 1 aromatic carbocycles. The molecule has 3 atom stereocenters. The van der Waals surface area contributed by atoms with Gasteiger partial charge >= 0.3 is 0 Å². The van der Waals surface area contributed by atoms with Crippen molar-refractivity contribution in [3.63, 3.8) is 0 Å². The van der Waals surface area contributed by atoms with Gasteiger partial charge in [0.25, 0.3) is 0 Å². The fourth-order valence-corrected chi connectivity index (χ4v) is 3.37. The Hall–Kier alpha value is -0.900. The number of likely N-dealkylation sites (tertiary alicyclic amines) is 1. The number of rotatable bonds is 6. The summed E-state index contributed by atoms with van der Waals surface area (Å²) in [7, 11) is 4.34. The number of hydrogen-bond donors (Lipinski definition) is 1. The zero-order valence-corrected chi connectivity index (χ0v) is 13.0. The van der Waals surface area contributed by atoms with Crippen molar-refractivity contribution in [1.29, 1.82) is 0 Å². The first-order valence-electron chi connectivity index (χ1n) is 7.73. The Balaban J connectivity index is 1.96. The van der Waals surface area contributed by atoms with E-state index in [1.54, 1.807) is 0 Å². The average Bonchev–Trinajstić information content (AvgIpc) is 2.85. The molecular formula is C17H28N2O. The maximum absolute atomic E-state index is 10.6. The van der Waals surface area contributed by atoms with Crippen LogP contribution in [0.3, 0.4) is 0 Å². The molecule has 0 amide bonds. The summed E-state index contributed by atoms with van der Waals surface area (Å²) in [5.41, 5.74) is 1.02. The standard InChI is InChI=1S/C17H28N2O/c1-4-16(17(20)15-8-6-5-7-9-15)19(3)13-14-10-11-18(2)12-14/h5-9,14,16-17,20H,4,10-13H2,1-3H3. The maximum Gasteiger partial charge on any atom is 0.0944 e. The molecule has 3 heteroatoms. The first kappa shape index (κ1) is 15.5. The quantitative estimate of drug-likeness (QED) is 0.864. The lowest BCUT2D eigenvalue weighted by atomic mass is 9.98. The lowest BCUT2D eigenvalue weighted by Gasteiger charge is -2.33. The molecule has 0 saturated carbocycles. The highest BCUT2D eigenvalue weighted by Gasteiger charge is 2.27. The molecule has 1 fully saturated rings. The Morgan fingerprint density at radius 1 is 1.35 bits per heavy atom. The van der Waals surface area contributed by atoms with Crippen LogP contribution in [0.15, 0.2) is 30.3 Å². The van der Waals surface area contributed by atoms with Crippen molar-refractivity contribution in [1.82, 2.24) is 9.80 Å². The SMILES string of the molecule is CCC(C(O)c1ccccc1)N(C)CC1CCN(C)C1. The number of aliphatic hydroxyl groups is 1. The Kier molecular flexibility index (Phi) is 5.58. The minimum Gasteiger partial charge on any atom is -0.387 e. The van der Waals surface area contributed by atoms with Gasteiger partial charge in [0, 0.05) is 19.1 Å². The van der Waals surface area contributed by atoms with Crippen LogP contribution in [0.1, 0.15) is 31.4 Å². The second-order valence-corrected chi connectivity index (χ2v) is 6.19. The predicted molar refractivity (Wildman–Crippen MR) is 83.7 cm³/mol. The van der Waals surface area contributed by atoms with Crippen molar-refractivity contribution in [3.8, 4) is 0 Å². The van der Waals surface area contributed by atoms with E-state index in [9.17, 15) is 5.11 Å². The summed E-state index contributed by atoms with van der Waals surface area (Å²) >= 11 is 0. The van der Waals surface area contributed by atoms with Gasteiger partial charge in [0.05, 0.1) is 6.10 Å². The third kappa shape index (κ3) is 3.81. The molecule has 3 unspecified atom stereocenters. The third-order valence-corrected chi connectivity index (χ3v) is 4.53. The molecule has 20 heavy (non-hydrogen) atoms. The third-order valence-electron chi connectivity index (χ3n) is 4.53. The maximum atomic E-state index is 10.6. The number of aliphatic hydroxyl groups excluding tert-OH is 1. The first-order chi connectivity index (χ1) is 9.61. The highest BCUT2D eigenvalue weighted by atomic mass is 16.3. The molecule has 1 aliphatic heterocycles. The molecule has 1 aromatic rings. The molecule has 112 valence electrons. The van der Waals surface area contributed by atoms with Crippen LogP contribution < -0.4 is 0 Å². The van der Waals surface area contributed by atoms with E-state index in [1.807, 2.05) is 30.3 Å². The average molecular weight is 276 g/mol. The van der Waals surface area contributed by atoms with E-state index in [1.165, 1.54) is 19.5 Å². The van der Waals surface area contributed by atoms with Gasteiger partial charge in [0.1, 0.15) is 0 Å². The van der Waals surface area contributed by atoms with Gasteiger partial charge in [-0.05, 0) is 45.0 Å². The van der Waals surface area contributed by atoms with Gasteiger partial charge in [-0.15, -0.1) is 0 Å². The van der Waals surface area contributed by atoms with E-state index in [2.05, 4.69) is 30.8 Å². The molecule has 0 bridgehead atoms. The highest BCUT2D eigenvalue weighted by molar-refractivity contribution is 5.18. The first-order valence-corrected chi connectivity index (χ1v) is 7.73. The second kappa shape index (κ2) is 7.21.